The molecule has 14 heteroatoms. The Morgan fingerprint density at radius 1 is 0.681 bits per heavy atom. The molecule has 2 aromatic heterocycles. The number of aromatic nitrogens is 3. The van der Waals surface area contributed by atoms with Crippen molar-refractivity contribution in [3.05, 3.63) is 172 Å². The second-order valence-electron chi connectivity index (χ2n) is 19.8. The minimum Gasteiger partial charge on any atom is -0.453 e. The maximum atomic E-state index is 14.2. The molecule has 0 spiro atoms. The third-order valence-corrected chi connectivity index (χ3v) is 15.9. The van der Waals surface area contributed by atoms with E-state index in [1.807, 2.05) is 66.9 Å². The van der Waals surface area contributed by atoms with E-state index in [0.29, 0.717) is 59.0 Å². The number of carbonyl (C=O) groups excluding carboxylic acids is 4. The fourth-order valence-corrected chi connectivity index (χ4v) is 12.0. The summed E-state index contributed by atoms with van der Waals surface area (Å²) in [6.07, 6.45) is 6.72. The molecule has 4 aliphatic rings. The van der Waals surface area contributed by atoms with Crippen molar-refractivity contribution >= 4 is 34.9 Å². The van der Waals surface area contributed by atoms with Crippen molar-refractivity contribution < 1.29 is 28.7 Å². The maximum Gasteiger partial charge on any atom is 0.407 e. The van der Waals surface area contributed by atoms with E-state index in [-0.39, 0.29) is 34.7 Å². The molecule has 2 aliphatic heterocycles. The quantitative estimate of drug-likeness (QED) is 0.0989. The molecule has 0 bridgehead atoms. The number of methoxy groups -OCH3 is 2. The molecule has 11 rings (SSSR count). The molecule has 7 aromatic rings. The number of hydrogen-bond acceptors (Lipinski definition) is 8. The molecule has 4 heterocycles. The average molecular weight is 964 g/mol. The van der Waals surface area contributed by atoms with Gasteiger partial charge in [-0.1, -0.05) is 110 Å². The first-order valence-electron chi connectivity index (χ1n) is 24.9. The Hall–Kier alpha value is -8.00. The Balaban J connectivity index is 0.846. The SMILES string of the molecule is COC(=O)N[C@H](C(=O)N1CCC[C@H]1c1cc(=O)c2cc(-c3ccc(-c4ccc(-c5cnc([C@@H]6CCCN6C(=O)[C@@H](NC(=O)OC)c6ccccc6)[nH]5)cc4)c4c3C3(C)CCC3C4)ccc2[nH]1)c1ccccc1. The lowest BCUT2D eigenvalue weighted by molar-refractivity contribution is -0.135. The van der Waals surface area contributed by atoms with Gasteiger partial charge in [0.1, 0.15) is 17.9 Å². The van der Waals surface area contributed by atoms with Crippen LogP contribution in [0.5, 0.6) is 0 Å². The number of hydrogen-bond donors (Lipinski definition) is 4. The molecule has 2 unspecified atom stereocenters. The van der Waals surface area contributed by atoms with Crippen molar-refractivity contribution in [2.24, 2.45) is 5.92 Å². The van der Waals surface area contributed by atoms with Gasteiger partial charge in [0.15, 0.2) is 5.43 Å². The summed E-state index contributed by atoms with van der Waals surface area (Å²) in [5.41, 5.74) is 11.7. The average Bonchev–Trinajstić information content (AvgIpc) is 4.25. The predicted molar refractivity (Wildman–Crippen MR) is 274 cm³/mol. The van der Waals surface area contributed by atoms with Gasteiger partial charge in [0.2, 0.25) is 5.91 Å². The zero-order chi connectivity index (χ0) is 49.7. The molecule has 4 amide bonds. The van der Waals surface area contributed by atoms with E-state index in [0.717, 1.165) is 60.1 Å². The third kappa shape index (κ3) is 8.27. The van der Waals surface area contributed by atoms with Crippen molar-refractivity contribution in [2.75, 3.05) is 27.3 Å². The Morgan fingerprint density at radius 3 is 1.88 bits per heavy atom. The Kier molecular flexibility index (Phi) is 12.2. The van der Waals surface area contributed by atoms with Gasteiger partial charge in [0, 0.05) is 35.8 Å². The highest BCUT2D eigenvalue weighted by Gasteiger charge is 2.51. The topological polar surface area (TPSA) is 179 Å². The van der Waals surface area contributed by atoms with Crippen molar-refractivity contribution in [3.8, 4) is 33.5 Å². The largest absolute Gasteiger partial charge is 0.453 e. The lowest BCUT2D eigenvalue weighted by Crippen LogP contribution is -2.43. The van der Waals surface area contributed by atoms with E-state index < -0.39 is 24.3 Å². The summed E-state index contributed by atoms with van der Waals surface area (Å²) < 4.78 is 9.74. The van der Waals surface area contributed by atoms with Crippen molar-refractivity contribution in [1.29, 1.82) is 0 Å². The Labute approximate surface area is 417 Å². The van der Waals surface area contributed by atoms with Gasteiger partial charge in [-0.25, -0.2) is 14.6 Å². The fourth-order valence-electron chi connectivity index (χ4n) is 12.0. The van der Waals surface area contributed by atoms with Gasteiger partial charge in [0.05, 0.1) is 38.2 Å². The van der Waals surface area contributed by atoms with Crippen LogP contribution in [0.15, 0.2) is 132 Å². The third-order valence-electron chi connectivity index (χ3n) is 15.9. The van der Waals surface area contributed by atoms with Crippen molar-refractivity contribution in [3.63, 3.8) is 0 Å². The zero-order valence-corrected chi connectivity index (χ0v) is 40.6. The van der Waals surface area contributed by atoms with Crippen LogP contribution in [0, 0.1) is 5.92 Å². The Morgan fingerprint density at radius 2 is 1.26 bits per heavy atom. The number of likely N-dealkylation sites (tertiary alicyclic amines) is 2. The second-order valence-corrected chi connectivity index (χ2v) is 19.8. The van der Waals surface area contributed by atoms with E-state index in [1.54, 1.807) is 28.0 Å². The van der Waals surface area contributed by atoms with Crippen LogP contribution in [-0.4, -0.2) is 76.1 Å². The number of benzene rings is 5. The molecule has 2 aliphatic carbocycles. The number of alkyl carbamates (subject to hydrolysis) is 2. The van der Waals surface area contributed by atoms with Crippen LogP contribution in [0.25, 0.3) is 44.4 Å². The summed E-state index contributed by atoms with van der Waals surface area (Å²) in [4.78, 5) is 82.5. The fraction of sp³-hybridized carbons (Fsp3) is 0.310. The van der Waals surface area contributed by atoms with Gasteiger partial charge in [-0.05, 0) is 118 Å². The molecular weight excluding hydrogens is 907 g/mol. The standard InChI is InChI=1S/C58H57N7O7/c1-58-27-26-39(58)31-42-40(34-18-20-35(21-19-34)46-33-59-53(61-46)48-17-11-29-65(48)55(68)52(63-57(70)72-3)37-14-8-5-9-15-37)23-24-41(50(42)58)38-22-25-44-43(30-38)49(66)32-45(60-44)47-16-10-28-64(47)54(67)51(62-56(69)71-2)36-12-6-4-7-13-36/h4-9,12-15,18-25,30,32-33,39,47-48,51-52H,10-11,16-17,26-29,31H2,1-3H3,(H,59,61)(H,60,66)(H,62,69)(H,63,70)/t39?,47-,48-,51-,52-,58?/m0/s1. The van der Waals surface area contributed by atoms with Gasteiger partial charge < -0.3 is 39.9 Å². The number of amides is 4. The lowest BCUT2D eigenvalue weighted by atomic mass is 9.60. The number of carbonyl (C=O) groups is 4. The minimum absolute atomic E-state index is 0.0307. The van der Waals surface area contributed by atoms with E-state index in [4.69, 9.17) is 14.5 Å². The van der Waals surface area contributed by atoms with Gasteiger partial charge in [-0.3, -0.25) is 14.4 Å². The highest BCUT2D eigenvalue weighted by atomic mass is 16.5. The lowest BCUT2D eigenvalue weighted by Gasteiger charge is -2.43. The van der Waals surface area contributed by atoms with E-state index >= 15 is 0 Å². The molecule has 0 radical (unpaired) electrons. The van der Waals surface area contributed by atoms with Gasteiger partial charge in [-0.2, -0.15) is 0 Å². The number of rotatable bonds is 11. The summed E-state index contributed by atoms with van der Waals surface area (Å²) in [7, 11) is 2.56. The number of H-pyrrole nitrogens is 2. The van der Waals surface area contributed by atoms with Crippen LogP contribution in [0.3, 0.4) is 0 Å². The first-order chi connectivity index (χ1) is 35.0. The number of aromatic amines is 2. The molecule has 72 heavy (non-hydrogen) atoms. The number of ether oxygens (including phenoxy) is 2. The molecule has 6 atom stereocenters. The molecular formula is C58H57N7O7. The van der Waals surface area contributed by atoms with Crippen LogP contribution in [-0.2, 0) is 30.9 Å². The summed E-state index contributed by atoms with van der Waals surface area (Å²) in [6.45, 7) is 3.43. The number of nitrogens with zero attached hydrogens (tertiary/aromatic N) is 3. The zero-order valence-electron chi connectivity index (χ0n) is 40.6. The molecule has 1 saturated carbocycles. The smallest absolute Gasteiger partial charge is 0.407 e. The van der Waals surface area contributed by atoms with Crippen LogP contribution in [0.1, 0.15) is 103 Å². The summed E-state index contributed by atoms with van der Waals surface area (Å²) in [6, 6.07) is 36.6. The first kappa shape index (κ1) is 46.4. The van der Waals surface area contributed by atoms with Gasteiger partial charge in [0.25, 0.3) is 5.91 Å². The molecule has 366 valence electrons. The summed E-state index contributed by atoms with van der Waals surface area (Å²) in [5, 5.41) is 6.04. The summed E-state index contributed by atoms with van der Waals surface area (Å²) in [5.74, 6) is 0.772. The monoisotopic (exact) mass is 963 g/mol. The predicted octanol–water partition coefficient (Wildman–Crippen LogP) is 10.00. The molecule has 14 nitrogen and oxygen atoms in total. The molecule has 5 aromatic carbocycles. The van der Waals surface area contributed by atoms with Crippen LogP contribution < -0.4 is 16.1 Å². The van der Waals surface area contributed by atoms with Crippen LogP contribution in [0.4, 0.5) is 9.59 Å². The van der Waals surface area contributed by atoms with Gasteiger partial charge >= 0.3 is 12.2 Å². The van der Waals surface area contributed by atoms with Crippen LogP contribution in [0.2, 0.25) is 0 Å². The minimum atomic E-state index is -0.940. The number of imidazole rings is 1. The number of fused-ring (bicyclic) bond motifs is 4. The molecule has 2 saturated heterocycles. The highest BCUT2D eigenvalue weighted by molar-refractivity contribution is 5.90. The van der Waals surface area contributed by atoms with Crippen molar-refractivity contribution in [2.45, 2.75) is 81.5 Å². The second kappa shape index (κ2) is 19.0. The van der Waals surface area contributed by atoms with E-state index in [2.05, 4.69) is 70.0 Å². The first-order valence-corrected chi connectivity index (χ1v) is 24.9. The van der Waals surface area contributed by atoms with Crippen LogP contribution >= 0.6 is 0 Å². The van der Waals surface area contributed by atoms with Crippen molar-refractivity contribution in [1.82, 2.24) is 35.4 Å². The number of nitrogens with one attached hydrogen (secondary N) is 4. The molecule has 4 N–H and O–H groups in total. The number of pyridine rings is 1. The Bertz CT molecular complexity index is 3280. The van der Waals surface area contributed by atoms with Gasteiger partial charge in [-0.15, -0.1) is 0 Å². The highest BCUT2D eigenvalue weighted by Crippen LogP contribution is 2.60. The van der Waals surface area contributed by atoms with E-state index in [1.165, 1.54) is 37.3 Å². The molecule has 3 fully saturated rings. The van der Waals surface area contributed by atoms with E-state index in [9.17, 15) is 24.0 Å². The maximum absolute atomic E-state index is 14.2. The normalized spacial score (nSPS) is 20.8. The summed E-state index contributed by atoms with van der Waals surface area (Å²) >= 11 is 0.